The maximum Gasteiger partial charge on any atom is 0.416 e. The van der Waals surface area contributed by atoms with Gasteiger partial charge in [-0.25, -0.2) is 0 Å². The predicted molar refractivity (Wildman–Crippen MR) is 163 cm³/mol. The summed E-state index contributed by atoms with van der Waals surface area (Å²) >= 11 is 0. The third-order valence-corrected chi connectivity index (χ3v) is 9.91. The largest absolute Gasteiger partial charge is 0.416 e. The van der Waals surface area contributed by atoms with Crippen LogP contribution in [0.25, 0.3) is 5.70 Å². The first-order chi connectivity index (χ1) is 21.4. The molecule has 2 atom stereocenters. The van der Waals surface area contributed by atoms with Gasteiger partial charge >= 0.3 is 6.18 Å². The van der Waals surface area contributed by atoms with E-state index < -0.39 is 23.2 Å². The number of benzene rings is 1. The molecule has 238 valence electrons. The van der Waals surface area contributed by atoms with E-state index in [1.54, 1.807) is 0 Å². The highest BCUT2D eigenvalue weighted by molar-refractivity contribution is 5.96. The first-order valence-corrected chi connectivity index (χ1v) is 15.5. The maximum absolute atomic E-state index is 13.1. The molecule has 0 bridgehead atoms. The fourth-order valence-corrected chi connectivity index (χ4v) is 7.39. The number of rotatable bonds is 6. The molecule has 0 unspecified atom stereocenters. The van der Waals surface area contributed by atoms with Gasteiger partial charge < -0.3 is 20.2 Å². The number of hydrogen-bond acceptors (Lipinski definition) is 6. The molecule has 2 saturated heterocycles. The summed E-state index contributed by atoms with van der Waals surface area (Å²) in [6, 6.07) is 8.65. The average Bonchev–Trinajstić information content (AvgIpc) is 3.64. The summed E-state index contributed by atoms with van der Waals surface area (Å²) in [4.78, 5) is 36.6. The molecule has 2 amide bonds. The standard InChI is InChI=1S/C34H38F3N5O3/c1-22-5-3-8-27(40(22)2)24-9-10-30(38-20-24)33(45)15-11-26(12-16-33)41-17-13-29-28(41)14-18-42(29)31(43)21-39-32(44)23-6-4-7-25(19-23)34(35,36)37/h3-10,19-20,26,28-29,45H,1,11-18,21H2,2H3,(H,39,44)/t26?,28-,29-,33?/m1/s1. The number of hydrogen-bond donors (Lipinski definition) is 2. The smallest absolute Gasteiger partial charge is 0.384 e. The lowest BCUT2D eigenvalue weighted by Crippen LogP contribution is -2.47. The molecule has 2 N–H and O–H groups in total. The third-order valence-electron chi connectivity index (χ3n) is 9.91. The van der Waals surface area contributed by atoms with Crippen LogP contribution in [0.4, 0.5) is 13.2 Å². The number of nitrogens with zero attached hydrogens (tertiary/aromatic N) is 4. The Morgan fingerprint density at radius 1 is 1.09 bits per heavy atom. The SMILES string of the molecule is C=C1C=CC=C(c2ccc(C3(O)CCC(N4CC[C@@H]5[C@H]4CCN5C(=O)CNC(=O)c4cccc(C(F)(F)F)c4)CC3)nc2)N1C. The van der Waals surface area contributed by atoms with Crippen molar-refractivity contribution in [1.82, 2.24) is 25.0 Å². The highest BCUT2D eigenvalue weighted by atomic mass is 19.4. The summed E-state index contributed by atoms with van der Waals surface area (Å²) in [5, 5.41) is 14.1. The first-order valence-electron chi connectivity index (χ1n) is 15.5. The minimum Gasteiger partial charge on any atom is -0.384 e. The van der Waals surface area contributed by atoms with Crippen molar-refractivity contribution in [1.29, 1.82) is 0 Å². The lowest BCUT2D eigenvalue weighted by atomic mass is 9.79. The van der Waals surface area contributed by atoms with E-state index in [-0.39, 0.29) is 30.1 Å². The van der Waals surface area contributed by atoms with Crippen molar-refractivity contribution in [3.05, 3.63) is 95.5 Å². The van der Waals surface area contributed by atoms with E-state index in [1.165, 1.54) is 12.1 Å². The number of aliphatic hydroxyl groups is 1. The van der Waals surface area contributed by atoms with Crippen LogP contribution in [0.2, 0.25) is 0 Å². The molecular formula is C34H38F3N5O3. The minimum atomic E-state index is -4.55. The number of amides is 2. The second-order valence-electron chi connectivity index (χ2n) is 12.5. The van der Waals surface area contributed by atoms with E-state index >= 15 is 0 Å². The number of carbonyl (C=O) groups excluding carboxylic acids is 2. The molecule has 0 radical (unpaired) electrons. The minimum absolute atomic E-state index is 0.0381. The number of fused-ring (bicyclic) bond motifs is 1. The van der Waals surface area contributed by atoms with E-state index in [4.69, 9.17) is 0 Å². The summed E-state index contributed by atoms with van der Waals surface area (Å²) < 4.78 is 39.1. The lowest BCUT2D eigenvalue weighted by molar-refractivity contribution is -0.137. The van der Waals surface area contributed by atoms with Gasteiger partial charge in [-0.05, 0) is 81.0 Å². The van der Waals surface area contributed by atoms with Crippen molar-refractivity contribution in [3.8, 4) is 0 Å². The normalized spacial score (nSPS) is 27.0. The van der Waals surface area contributed by atoms with E-state index in [9.17, 15) is 27.9 Å². The second-order valence-corrected chi connectivity index (χ2v) is 12.5. The zero-order valence-electron chi connectivity index (χ0n) is 25.3. The Morgan fingerprint density at radius 2 is 1.84 bits per heavy atom. The molecule has 1 aliphatic carbocycles. The maximum atomic E-state index is 13.1. The molecule has 3 aliphatic heterocycles. The summed E-state index contributed by atoms with van der Waals surface area (Å²) in [6.07, 6.45) is 7.69. The van der Waals surface area contributed by atoms with Gasteiger partial charge in [0.1, 0.15) is 5.60 Å². The van der Waals surface area contributed by atoms with Crippen molar-refractivity contribution in [2.24, 2.45) is 0 Å². The number of carbonyl (C=O) groups is 2. The van der Waals surface area contributed by atoms with Crippen LogP contribution in [-0.4, -0.2) is 81.4 Å². The Morgan fingerprint density at radius 3 is 2.56 bits per heavy atom. The molecular weight excluding hydrogens is 583 g/mol. The van der Waals surface area contributed by atoms with Crippen molar-refractivity contribution in [2.45, 2.75) is 68.4 Å². The molecule has 1 aromatic carbocycles. The predicted octanol–water partition coefficient (Wildman–Crippen LogP) is 4.69. The van der Waals surface area contributed by atoms with Gasteiger partial charge in [0.05, 0.1) is 17.8 Å². The molecule has 6 rings (SSSR count). The van der Waals surface area contributed by atoms with Crippen molar-refractivity contribution in [3.63, 3.8) is 0 Å². The van der Waals surface area contributed by atoms with E-state index in [0.717, 1.165) is 61.3 Å². The molecule has 8 nitrogen and oxygen atoms in total. The molecule has 1 saturated carbocycles. The average molecular weight is 622 g/mol. The van der Waals surface area contributed by atoms with Gasteiger partial charge in [0.2, 0.25) is 5.91 Å². The number of alkyl halides is 3. The zero-order chi connectivity index (χ0) is 31.9. The Bertz CT molecular complexity index is 1530. The van der Waals surface area contributed by atoms with Crippen LogP contribution >= 0.6 is 0 Å². The molecule has 2 aromatic rings. The van der Waals surface area contributed by atoms with Crippen LogP contribution in [0, 0.1) is 0 Å². The van der Waals surface area contributed by atoms with Crippen molar-refractivity contribution < 1.29 is 27.9 Å². The van der Waals surface area contributed by atoms with Crippen LogP contribution in [0.1, 0.15) is 65.7 Å². The third kappa shape index (κ3) is 6.15. The molecule has 4 heterocycles. The number of pyridine rings is 1. The fraction of sp³-hybridized carbons (Fsp3) is 0.441. The molecule has 1 aromatic heterocycles. The van der Waals surface area contributed by atoms with Crippen LogP contribution < -0.4 is 5.32 Å². The summed E-state index contributed by atoms with van der Waals surface area (Å²) in [6.45, 7) is 5.22. The van der Waals surface area contributed by atoms with Crippen LogP contribution in [0.15, 0.2) is 73.1 Å². The summed E-state index contributed by atoms with van der Waals surface area (Å²) in [5.41, 5.74) is 1.52. The van der Waals surface area contributed by atoms with Gasteiger partial charge in [0, 0.05) is 67.0 Å². The summed E-state index contributed by atoms with van der Waals surface area (Å²) in [7, 11) is 1.96. The number of likely N-dealkylation sites (N-methyl/N-ethyl adjacent to an activating group) is 1. The Hall–Kier alpha value is -3.96. The van der Waals surface area contributed by atoms with E-state index in [2.05, 4.69) is 21.8 Å². The Kier molecular flexibility index (Phi) is 8.34. The molecule has 4 aliphatic rings. The van der Waals surface area contributed by atoms with Gasteiger partial charge in [-0.2, -0.15) is 13.2 Å². The van der Waals surface area contributed by atoms with Crippen LogP contribution in [0.5, 0.6) is 0 Å². The van der Waals surface area contributed by atoms with Crippen molar-refractivity contribution >= 4 is 17.5 Å². The van der Waals surface area contributed by atoms with Crippen LogP contribution in [-0.2, 0) is 16.6 Å². The van der Waals surface area contributed by atoms with Gasteiger partial charge in [0.25, 0.3) is 5.91 Å². The van der Waals surface area contributed by atoms with Gasteiger partial charge in [-0.1, -0.05) is 18.7 Å². The van der Waals surface area contributed by atoms with Gasteiger partial charge in [-0.3, -0.25) is 19.5 Å². The lowest BCUT2D eigenvalue weighted by Gasteiger charge is -2.41. The molecule has 45 heavy (non-hydrogen) atoms. The monoisotopic (exact) mass is 621 g/mol. The highest BCUT2D eigenvalue weighted by Crippen LogP contribution is 2.42. The second kappa shape index (κ2) is 12.1. The van der Waals surface area contributed by atoms with Crippen LogP contribution in [0.3, 0.4) is 0 Å². The van der Waals surface area contributed by atoms with E-state index in [1.807, 2.05) is 53.4 Å². The number of likely N-dealkylation sites (tertiary alicyclic amines) is 2. The highest BCUT2D eigenvalue weighted by Gasteiger charge is 2.48. The van der Waals surface area contributed by atoms with Crippen molar-refractivity contribution in [2.75, 3.05) is 26.7 Å². The number of aromatic nitrogens is 1. The Labute approximate surface area is 260 Å². The topological polar surface area (TPSA) is 89.0 Å². The number of allylic oxidation sites excluding steroid dienone is 3. The zero-order valence-corrected chi connectivity index (χ0v) is 25.3. The quantitative estimate of drug-likeness (QED) is 0.487. The molecule has 11 heteroatoms. The van der Waals surface area contributed by atoms with Gasteiger partial charge in [-0.15, -0.1) is 0 Å². The Balaban J connectivity index is 1.02. The molecule has 3 fully saturated rings. The fourth-order valence-electron chi connectivity index (χ4n) is 7.39. The van der Waals surface area contributed by atoms with E-state index in [0.29, 0.717) is 31.1 Å². The first kappa shape index (κ1) is 31.0. The number of halogens is 3. The van der Waals surface area contributed by atoms with Gasteiger partial charge in [0.15, 0.2) is 0 Å². The summed E-state index contributed by atoms with van der Waals surface area (Å²) in [5.74, 6) is -0.939. The number of nitrogens with one attached hydrogen (secondary N) is 1. The molecule has 0 spiro atoms.